The van der Waals surface area contributed by atoms with Crippen LogP contribution in [0.15, 0.2) is 48.5 Å². The molecule has 0 aromatic heterocycles. The van der Waals surface area contributed by atoms with Gasteiger partial charge in [0.25, 0.3) is 5.91 Å². The van der Waals surface area contributed by atoms with Crippen molar-refractivity contribution in [2.45, 2.75) is 32.4 Å². The minimum Gasteiger partial charge on any atom is -0.449 e. The number of ether oxygens (including phenoxy) is 1. The molecular weight excluding hydrogens is 370 g/mol. The molecule has 1 atom stereocenters. The van der Waals surface area contributed by atoms with Gasteiger partial charge in [0, 0.05) is 25.2 Å². The summed E-state index contributed by atoms with van der Waals surface area (Å²) in [6.07, 6.45) is 0.463. The van der Waals surface area contributed by atoms with Crippen molar-refractivity contribution >= 4 is 23.5 Å². The highest BCUT2D eigenvalue weighted by Crippen LogP contribution is 2.16. The van der Waals surface area contributed by atoms with Crippen molar-refractivity contribution in [2.75, 3.05) is 11.9 Å². The van der Waals surface area contributed by atoms with E-state index in [2.05, 4.69) is 5.32 Å². The highest BCUT2D eigenvalue weighted by atomic mass is 16.5. The van der Waals surface area contributed by atoms with E-state index in [9.17, 15) is 14.4 Å². The first-order valence-electron chi connectivity index (χ1n) is 9.35. The number of benzene rings is 2. The Morgan fingerprint density at radius 1 is 1.24 bits per heavy atom. The SMILES string of the molecule is C[C@H](OC(=O)c1ccc(CN2CCCC2=O)cc1)C(=O)Nc1cccc(C#N)c1. The van der Waals surface area contributed by atoms with Gasteiger partial charge in [-0.05, 0) is 49.2 Å². The molecule has 2 amide bonds. The standard InChI is InChI=1S/C22H21N3O4/c1-15(21(27)24-19-5-2-4-17(12-19)13-23)29-22(28)18-9-7-16(8-10-18)14-25-11-3-6-20(25)26/h2,4-5,7-10,12,15H,3,6,11,14H2,1H3,(H,24,27)/t15-/m0/s1. The number of amides is 2. The van der Waals surface area contributed by atoms with Crippen LogP contribution in [0.4, 0.5) is 5.69 Å². The lowest BCUT2D eigenvalue weighted by molar-refractivity contribution is -0.128. The summed E-state index contributed by atoms with van der Waals surface area (Å²) >= 11 is 0. The predicted molar refractivity (Wildman–Crippen MR) is 106 cm³/mol. The van der Waals surface area contributed by atoms with Crippen LogP contribution in [0.5, 0.6) is 0 Å². The van der Waals surface area contributed by atoms with E-state index in [-0.39, 0.29) is 5.91 Å². The quantitative estimate of drug-likeness (QED) is 0.764. The van der Waals surface area contributed by atoms with Crippen LogP contribution in [0.25, 0.3) is 0 Å². The molecular formula is C22H21N3O4. The van der Waals surface area contributed by atoms with Crippen LogP contribution in [0.2, 0.25) is 0 Å². The van der Waals surface area contributed by atoms with Gasteiger partial charge in [-0.3, -0.25) is 9.59 Å². The molecule has 1 aliphatic rings. The van der Waals surface area contributed by atoms with E-state index < -0.39 is 18.0 Å². The number of nitriles is 1. The highest BCUT2D eigenvalue weighted by molar-refractivity contribution is 5.97. The maximum atomic E-state index is 12.3. The summed E-state index contributed by atoms with van der Waals surface area (Å²) in [6, 6.07) is 15.3. The van der Waals surface area contributed by atoms with Gasteiger partial charge in [0.2, 0.25) is 5.91 Å². The Morgan fingerprint density at radius 3 is 2.66 bits per heavy atom. The lowest BCUT2D eigenvalue weighted by Crippen LogP contribution is -2.30. The van der Waals surface area contributed by atoms with Crippen LogP contribution in [0.3, 0.4) is 0 Å². The Kier molecular flexibility index (Phi) is 6.25. The van der Waals surface area contributed by atoms with E-state index in [0.717, 1.165) is 18.5 Å². The Balaban J connectivity index is 1.55. The van der Waals surface area contributed by atoms with Crippen LogP contribution in [0, 0.1) is 11.3 Å². The van der Waals surface area contributed by atoms with Crippen molar-refractivity contribution < 1.29 is 19.1 Å². The van der Waals surface area contributed by atoms with Crippen molar-refractivity contribution in [3.8, 4) is 6.07 Å². The maximum absolute atomic E-state index is 12.3. The summed E-state index contributed by atoms with van der Waals surface area (Å²) in [6.45, 7) is 2.76. The molecule has 1 saturated heterocycles. The fourth-order valence-corrected chi connectivity index (χ4v) is 3.03. The first-order chi connectivity index (χ1) is 14.0. The second-order valence-electron chi connectivity index (χ2n) is 6.85. The second kappa shape index (κ2) is 9.02. The van der Waals surface area contributed by atoms with E-state index >= 15 is 0 Å². The van der Waals surface area contributed by atoms with Crippen molar-refractivity contribution in [1.29, 1.82) is 5.26 Å². The van der Waals surface area contributed by atoms with Crippen LogP contribution < -0.4 is 5.32 Å². The van der Waals surface area contributed by atoms with Crippen molar-refractivity contribution in [2.24, 2.45) is 0 Å². The van der Waals surface area contributed by atoms with Crippen molar-refractivity contribution in [1.82, 2.24) is 4.90 Å². The molecule has 0 unspecified atom stereocenters. The van der Waals surface area contributed by atoms with Crippen LogP contribution in [0.1, 0.15) is 41.3 Å². The summed E-state index contributed by atoms with van der Waals surface area (Å²) in [5.74, 6) is -0.950. The number of rotatable bonds is 6. The summed E-state index contributed by atoms with van der Waals surface area (Å²) in [5, 5.41) is 11.5. The largest absolute Gasteiger partial charge is 0.449 e. The van der Waals surface area contributed by atoms with E-state index in [1.807, 2.05) is 6.07 Å². The lowest BCUT2D eigenvalue weighted by Gasteiger charge is -2.16. The van der Waals surface area contributed by atoms with Crippen LogP contribution in [-0.4, -0.2) is 35.3 Å². The van der Waals surface area contributed by atoms with Gasteiger partial charge in [0.05, 0.1) is 17.2 Å². The van der Waals surface area contributed by atoms with Crippen molar-refractivity contribution in [3.63, 3.8) is 0 Å². The number of nitrogens with one attached hydrogen (secondary N) is 1. The van der Waals surface area contributed by atoms with E-state index in [4.69, 9.17) is 10.00 Å². The zero-order valence-corrected chi connectivity index (χ0v) is 16.1. The molecule has 1 N–H and O–H groups in total. The monoisotopic (exact) mass is 391 g/mol. The predicted octanol–water partition coefficient (Wildman–Crippen LogP) is 2.86. The molecule has 0 aliphatic carbocycles. The van der Waals surface area contributed by atoms with Crippen LogP contribution >= 0.6 is 0 Å². The molecule has 0 saturated carbocycles. The molecule has 7 nitrogen and oxygen atoms in total. The zero-order valence-electron chi connectivity index (χ0n) is 16.1. The minimum absolute atomic E-state index is 0.147. The molecule has 29 heavy (non-hydrogen) atoms. The van der Waals surface area contributed by atoms with Gasteiger partial charge < -0.3 is 15.0 Å². The van der Waals surface area contributed by atoms with Gasteiger partial charge in [0.15, 0.2) is 6.10 Å². The molecule has 3 rings (SSSR count). The number of carbonyl (C=O) groups excluding carboxylic acids is 3. The molecule has 0 radical (unpaired) electrons. The number of esters is 1. The normalized spacial score (nSPS) is 14.2. The third kappa shape index (κ3) is 5.20. The Hall–Kier alpha value is -3.66. The van der Waals surface area contributed by atoms with Crippen LogP contribution in [-0.2, 0) is 20.9 Å². The Labute approximate surface area is 168 Å². The van der Waals surface area contributed by atoms with Gasteiger partial charge in [-0.2, -0.15) is 5.26 Å². The van der Waals surface area contributed by atoms with E-state index in [0.29, 0.717) is 29.8 Å². The molecule has 1 heterocycles. The number of nitrogens with zero attached hydrogens (tertiary/aromatic N) is 2. The summed E-state index contributed by atoms with van der Waals surface area (Å²) in [4.78, 5) is 38.1. The summed E-state index contributed by atoms with van der Waals surface area (Å²) < 4.78 is 5.24. The average Bonchev–Trinajstić information content (AvgIpc) is 3.13. The Bertz CT molecular complexity index is 963. The van der Waals surface area contributed by atoms with Gasteiger partial charge in [-0.1, -0.05) is 18.2 Å². The average molecular weight is 391 g/mol. The van der Waals surface area contributed by atoms with Gasteiger partial charge in [-0.15, -0.1) is 0 Å². The van der Waals surface area contributed by atoms with Gasteiger partial charge in [-0.25, -0.2) is 4.79 Å². The minimum atomic E-state index is -1.00. The first-order valence-corrected chi connectivity index (χ1v) is 9.35. The zero-order chi connectivity index (χ0) is 20.8. The van der Waals surface area contributed by atoms with Gasteiger partial charge >= 0.3 is 5.97 Å². The molecule has 2 aromatic rings. The van der Waals surface area contributed by atoms with Crippen molar-refractivity contribution in [3.05, 3.63) is 65.2 Å². The van der Waals surface area contributed by atoms with E-state index in [1.165, 1.54) is 13.0 Å². The molecule has 148 valence electrons. The molecule has 1 aliphatic heterocycles. The smallest absolute Gasteiger partial charge is 0.338 e. The number of hydrogen-bond donors (Lipinski definition) is 1. The first kappa shape index (κ1) is 20.1. The second-order valence-corrected chi connectivity index (χ2v) is 6.85. The van der Waals surface area contributed by atoms with Gasteiger partial charge in [0.1, 0.15) is 0 Å². The third-order valence-corrected chi connectivity index (χ3v) is 4.65. The fourth-order valence-electron chi connectivity index (χ4n) is 3.03. The number of anilines is 1. The molecule has 0 bridgehead atoms. The topological polar surface area (TPSA) is 99.5 Å². The Morgan fingerprint density at radius 2 is 2.00 bits per heavy atom. The maximum Gasteiger partial charge on any atom is 0.338 e. The third-order valence-electron chi connectivity index (χ3n) is 4.65. The summed E-state index contributed by atoms with van der Waals surface area (Å²) in [5.41, 5.74) is 2.13. The lowest BCUT2D eigenvalue weighted by atomic mass is 10.1. The molecule has 1 fully saturated rings. The highest BCUT2D eigenvalue weighted by Gasteiger charge is 2.21. The van der Waals surface area contributed by atoms with E-state index in [1.54, 1.807) is 47.4 Å². The summed E-state index contributed by atoms with van der Waals surface area (Å²) in [7, 11) is 0. The number of likely N-dealkylation sites (tertiary alicyclic amines) is 1. The molecule has 7 heteroatoms. The molecule has 0 spiro atoms. The number of hydrogen-bond acceptors (Lipinski definition) is 5. The molecule has 2 aromatic carbocycles. The fraction of sp³-hybridized carbons (Fsp3) is 0.273. The number of carbonyl (C=O) groups is 3.